The zero-order valence-corrected chi connectivity index (χ0v) is 15.7. The monoisotopic (exact) mass is 412 g/mol. The molecule has 0 aliphatic carbocycles. The van der Waals surface area contributed by atoms with Gasteiger partial charge in [-0.15, -0.1) is 0 Å². The third-order valence-corrected chi connectivity index (χ3v) is 4.83. The summed E-state index contributed by atoms with van der Waals surface area (Å²) in [5, 5.41) is 33.1. The van der Waals surface area contributed by atoms with Gasteiger partial charge in [-0.05, 0) is 12.1 Å². The lowest BCUT2D eigenvalue weighted by molar-refractivity contribution is -0.117. The van der Waals surface area contributed by atoms with Crippen molar-refractivity contribution in [3.63, 3.8) is 0 Å². The first-order chi connectivity index (χ1) is 14.5. The predicted octanol–water partition coefficient (Wildman–Crippen LogP) is -0.437. The molecule has 0 saturated carbocycles. The Morgan fingerprint density at radius 2 is 2.03 bits per heavy atom. The summed E-state index contributed by atoms with van der Waals surface area (Å²) in [6, 6.07) is 6.59. The molecule has 1 saturated heterocycles. The largest absolute Gasteiger partial charge is 0.507 e. The summed E-state index contributed by atoms with van der Waals surface area (Å²) in [6.45, 7) is -0.0393. The number of anilines is 1. The number of hydrogen-bond donors (Lipinski definition) is 5. The van der Waals surface area contributed by atoms with Crippen molar-refractivity contribution in [2.45, 2.75) is 24.5 Å². The molecule has 1 unspecified atom stereocenters. The van der Waals surface area contributed by atoms with Crippen LogP contribution in [0.5, 0.6) is 5.75 Å². The van der Waals surface area contributed by atoms with E-state index in [1.54, 1.807) is 18.2 Å². The number of nitrogens with two attached hydrogens (primary N) is 1. The van der Waals surface area contributed by atoms with Crippen LogP contribution in [-0.2, 0) is 9.53 Å². The SMILES string of the molecule is Nc1ncnc2c1ncn2[C@@H]1O[C@H](CNC(=O)/C=C/c2ccccc2O)[C@H](O)C1O. The van der Waals surface area contributed by atoms with Gasteiger partial charge in [0.25, 0.3) is 0 Å². The van der Waals surface area contributed by atoms with Crippen molar-refractivity contribution >= 4 is 29.0 Å². The summed E-state index contributed by atoms with van der Waals surface area (Å²) >= 11 is 0. The maximum absolute atomic E-state index is 12.1. The third kappa shape index (κ3) is 3.68. The van der Waals surface area contributed by atoms with E-state index < -0.39 is 30.4 Å². The fourth-order valence-electron chi connectivity index (χ4n) is 3.24. The average Bonchev–Trinajstić information content (AvgIpc) is 3.28. The zero-order chi connectivity index (χ0) is 21.3. The summed E-state index contributed by atoms with van der Waals surface area (Å²) in [5.41, 5.74) is 6.97. The second-order valence-corrected chi connectivity index (χ2v) is 6.77. The molecule has 0 bridgehead atoms. The number of rotatable bonds is 5. The highest BCUT2D eigenvalue weighted by atomic mass is 16.6. The van der Waals surface area contributed by atoms with Crippen LogP contribution in [0.1, 0.15) is 11.8 Å². The van der Waals surface area contributed by atoms with Gasteiger partial charge < -0.3 is 31.1 Å². The van der Waals surface area contributed by atoms with Crippen LogP contribution in [0.15, 0.2) is 43.0 Å². The van der Waals surface area contributed by atoms with Crippen LogP contribution in [0.2, 0.25) is 0 Å². The van der Waals surface area contributed by atoms with Gasteiger partial charge in [0.05, 0.1) is 6.33 Å². The number of carbonyl (C=O) groups is 1. The molecule has 6 N–H and O–H groups in total. The van der Waals surface area contributed by atoms with Crippen molar-refractivity contribution in [2.24, 2.45) is 0 Å². The lowest BCUT2D eigenvalue weighted by Crippen LogP contribution is -2.39. The maximum Gasteiger partial charge on any atom is 0.244 e. The minimum atomic E-state index is -1.27. The Balaban J connectivity index is 1.41. The first kappa shape index (κ1) is 19.8. The number of para-hydroxylation sites is 1. The fraction of sp³-hybridized carbons (Fsp3) is 0.263. The summed E-state index contributed by atoms with van der Waals surface area (Å²) in [7, 11) is 0. The second kappa shape index (κ2) is 8.06. The minimum absolute atomic E-state index is 0.0393. The van der Waals surface area contributed by atoms with Gasteiger partial charge in [-0.1, -0.05) is 18.2 Å². The highest BCUT2D eigenvalue weighted by molar-refractivity contribution is 5.92. The Hall–Kier alpha value is -3.54. The van der Waals surface area contributed by atoms with Gasteiger partial charge in [-0.2, -0.15) is 0 Å². The molecular formula is C19H20N6O5. The highest BCUT2D eigenvalue weighted by Crippen LogP contribution is 2.31. The number of phenols is 1. The van der Waals surface area contributed by atoms with E-state index in [0.29, 0.717) is 16.7 Å². The number of fused-ring (bicyclic) bond motifs is 1. The van der Waals surface area contributed by atoms with Crippen molar-refractivity contribution in [1.82, 2.24) is 24.8 Å². The van der Waals surface area contributed by atoms with Gasteiger partial charge in [0, 0.05) is 18.2 Å². The van der Waals surface area contributed by atoms with Crippen molar-refractivity contribution in [3.8, 4) is 5.75 Å². The van der Waals surface area contributed by atoms with Crippen LogP contribution >= 0.6 is 0 Å². The highest BCUT2D eigenvalue weighted by Gasteiger charge is 2.44. The molecule has 3 heterocycles. The lowest BCUT2D eigenvalue weighted by Gasteiger charge is -2.16. The standard InChI is InChI=1S/C19H20N6O5/c20-17-14-18(23-8-22-17)25(9-24-14)19-16(29)15(28)12(30-19)7-21-13(27)6-5-10-3-1-2-4-11(10)26/h1-6,8-9,12,15-16,19,26,28-29H,7H2,(H,21,27)(H2,20,22,23)/b6-5+/t12-,15+,16?,19-/m1/s1. The molecule has 30 heavy (non-hydrogen) atoms. The molecule has 0 radical (unpaired) electrons. The number of ether oxygens (including phenoxy) is 1. The quantitative estimate of drug-likeness (QED) is 0.349. The number of carbonyl (C=O) groups excluding carboxylic acids is 1. The molecule has 1 fully saturated rings. The summed E-state index contributed by atoms with van der Waals surface area (Å²) in [5.74, 6) is -0.202. The zero-order valence-electron chi connectivity index (χ0n) is 15.7. The average molecular weight is 412 g/mol. The van der Waals surface area contributed by atoms with Crippen LogP contribution in [0.25, 0.3) is 17.2 Å². The van der Waals surface area contributed by atoms with Crippen LogP contribution < -0.4 is 11.1 Å². The maximum atomic E-state index is 12.1. The minimum Gasteiger partial charge on any atom is -0.507 e. The van der Waals surface area contributed by atoms with E-state index in [4.69, 9.17) is 10.5 Å². The Morgan fingerprint density at radius 3 is 2.83 bits per heavy atom. The number of hydrogen-bond acceptors (Lipinski definition) is 9. The molecule has 1 aliphatic rings. The van der Waals surface area contributed by atoms with Crippen LogP contribution in [0.4, 0.5) is 5.82 Å². The van der Waals surface area contributed by atoms with E-state index in [0.717, 1.165) is 0 Å². The normalized spacial score (nSPS) is 23.9. The molecule has 0 spiro atoms. The Morgan fingerprint density at radius 1 is 1.23 bits per heavy atom. The first-order valence-corrected chi connectivity index (χ1v) is 9.14. The van der Waals surface area contributed by atoms with Gasteiger partial charge >= 0.3 is 0 Å². The molecule has 11 nitrogen and oxygen atoms in total. The molecule has 4 atom stereocenters. The Labute approximate surface area is 170 Å². The molecule has 4 rings (SSSR count). The van der Waals surface area contributed by atoms with E-state index in [1.165, 1.54) is 35.4 Å². The van der Waals surface area contributed by atoms with Crippen molar-refractivity contribution in [3.05, 3.63) is 48.6 Å². The first-order valence-electron chi connectivity index (χ1n) is 9.14. The second-order valence-electron chi connectivity index (χ2n) is 6.77. The van der Waals surface area contributed by atoms with E-state index in [9.17, 15) is 20.1 Å². The van der Waals surface area contributed by atoms with E-state index >= 15 is 0 Å². The molecule has 1 aliphatic heterocycles. The predicted molar refractivity (Wildman–Crippen MR) is 106 cm³/mol. The number of nitrogens with zero attached hydrogens (tertiary/aromatic N) is 4. The number of amides is 1. The number of benzene rings is 1. The third-order valence-electron chi connectivity index (χ3n) is 4.83. The topological polar surface area (TPSA) is 169 Å². The van der Waals surface area contributed by atoms with Gasteiger partial charge in [0.15, 0.2) is 17.7 Å². The molecule has 11 heteroatoms. The van der Waals surface area contributed by atoms with Crippen LogP contribution in [0, 0.1) is 0 Å². The van der Waals surface area contributed by atoms with Gasteiger partial charge in [-0.3, -0.25) is 9.36 Å². The smallest absolute Gasteiger partial charge is 0.244 e. The molecule has 3 aromatic rings. The number of imidazole rings is 1. The van der Waals surface area contributed by atoms with E-state index in [-0.39, 0.29) is 18.1 Å². The number of nitrogen functional groups attached to an aromatic ring is 1. The van der Waals surface area contributed by atoms with Crippen LogP contribution in [0.3, 0.4) is 0 Å². The van der Waals surface area contributed by atoms with Gasteiger partial charge in [0.2, 0.25) is 5.91 Å². The summed E-state index contributed by atoms with van der Waals surface area (Å²) in [6.07, 6.45) is 1.06. The van der Waals surface area contributed by atoms with Crippen molar-refractivity contribution < 1.29 is 24.9 Å². The molecular weight excluding hydrogens is 392 g/mol. The van der Waals surface area contributed by atoms with E-state index in [2.05, 4.69) is 20.3 Å². The summed E-state index contributed by atoms with van der Waals surface area (Å²) < 4.78 is 7.21. The molecule has 1 aromatic carbocycles. The molecule has 156 valence electrons. The lowest BCUT2D eigenvalue weighted by atomic mass is 10.1. The molecule has 2 aromatic heterocycles. The number of aliphatic hydroxyl groups is 2. The van der Waals surface area contributed by atoms with E-state index in [1.807, 2.05) is 0 Å². The number of aromatic hydroxyl groups is 1. The fourth-order valence-corrected chi connectivity index (χ4v) is 3.24. The number of aromatic nitrogens is 4. The van der Waals surface area contributed by atoms with Gasteiger partial charge in [0.1, 0.15) is 35.9 Å². The van der Waals surface area contributed by atoms with Gasteiger partial charge in [-0.25, -0.2) is 15.0 Å². The van der Waals surface area contributed by atoms with Crippen molar-refractivity contribution in [2.75, 3.05) is 12.3 Å². The number of nitrogens with one attached hydrogen (secondary N) is 1. The molecule has 1 amide bonds. The Kier molecular flexibility index (Phi) is 5.31. The Bertz CT molecular complexity index is 1100. The van der Waals surface area contributed by atoms with Crippen LogP contribution in [-0.4, -0.2) is 65.6 Å². The number of phenolic OH excluding ortho intramolecular Hbond substituents is 1. The number of aliphatic hydroxyl groups excluding tert-OH is 2. The summed E-state index contributed by atoms with van der Waals surface area (Å²) in [4.78, 5) is 24.2. The van der Waals surface area contributed by atoms with Crippen molar-refractivity contribution in [1.29, 1.82) is 0 Å².